The fourth-order valence-corrected chi connectivity index (χ4v) is 4.15. The van der Waals surface area contributed by atoms with Gasteiger partial charge >= 0.3 is 0 Å². The van der Waals surface area contributed by atoms with Gasteiger partial charge in [-0.15, -0.1) is 0 Å². The summed E-state index contributed by atoms with van der Waals surface area (Å²) in [5.41, 5.74) is 2.68. The van der Waals surface area contributed by atoms with Gasteiger partial charge in [0.05, 0.1) is 25.0 Å². The molecule has 1 aromatic heterocycles. The van der Waals surface area contributed by atoms with E-state index in [1.165, 1.54) is 11.9 Å². The van der Waals surface area contributed by atoms with Crippen molar-refractivity contribution in [1.82, 2.24) is 19.7 Å². The second-order valence-electron chi connectivity index (χ2n) is 7.82. The Balaban J connectivity index is 1.29. The summed E-state index contributed by atoms with van der Waals surface area (Å²) in [6.07, 6.45) is 6.28. The number of hydrogen-bond donors (Lipinski definition) is 1. The van der Waals surface area contributed by atoms with Gasteiger partial charge in [-0.2, -0.15) is 5.10 Å². The zero-order chi connectivity index (χ0) is 21.6. The number of amides is 1. The van der Waals surface area contributed by atoms with Crippen molar-refractivity contribution < 1.29 is 9.53 Å². The molecular weight excluding hydrogens is 414 g/mol. The lowest BCUT2D eigenvalue weighted by Crippen LogP contribution is -2.39. The zero-order valence-electron chi connectivity index (χ0n) is 17.5. The smallest absolute Gasteiger partial charge is 0.238 e. The summed E-state index contributed by atoms with van der Waals surface area (Å²) in [5, 5.41) is 7.68. The number of aromatic nitrogens is 3. The first kappa shape index (κ1) is 21.3. The molecule has 8 heteroatoms. The van der Waals surface area contributed by atoms with Crippen molar-refractivity contribution in [2.75, 3.05) is 32.1 Å². The summed E-state index contributed by atoms with van der Waals surface area (Å²) < 4.78 is 6.84. The van der Waals surface area contributed by atoms with Crippen LogP contribution < -0.4 is 10.1 Å². The molecule has 31 heavy (non-hydrogen) atoms. The van der Waals surface area contributed by atoms with E-state index in [1.54, 1.807) is 30.3 Å². The number of nitrogens with zero attached hydrogens (tertiary/aromatic N) is 4. The molecule has 0 bridgehead atoms. The second kappa shape index (κ2) is 9.94. The summed E-state index contributed by atoms with van der Waals surface area (Å²) in [6.45, 7) is 2.19. The van der Waals surface area contributed by atoms with Crippen molar-refractivity contribution in [2.45, 2.75) is 19.3 Å². The van der Waals surface area contributed by atoms with Gasteiger partial charge in [0.15, 0.2) is 0 Å². The first-order chi connectivity index (χ1) is 15.1. The van der Waals surface area contributed by atoms with Crippen LogP contribution in [0.1, 0.15) is 18.4 Å². The Labute approximate surface area is 187 Å². The molecule has 1 saturated heterocycles. The highest BCUT2D eigenvalue weighted by atomic mass is 35.5. The Morgan fingerprint density at radius 2 is 1.97 bits per heavy atom. The van der Waals surface area contributed by atoms with Gasteiger partial charge in [-0.3, -0.25) is 9.69 Å². The minimum absolute atomic E-state index is 0.0581. The van der Waals surface area contributed by atoms with Crippen LogP contribution in [0.25, 0.3) is 5.69 Å². The molecule has 1 aliphatic rings. The molecule has 3 aromatic rings. The third-order valence-corrected chi connectivity index (χ3v) is 5.89. The number of carbonyl (C=O) groups excluding carboxylic acids is 1. The maximum atomic E-state index is 12.7. The van der Waals surface area contributed by atoms with Crippen LogP contribution in [-0.2, 0) is 11.2 Å². The first-order valence-electron chi connectivity index (χ1n) is 10.4. The Morgan fingerprint density at radius 3 is 2.65 bits per heavy atom. The highest BCUT2D eigenvalue weighted by Gasteiger charge is 2.21. The first-order valence-corrected chi connectivity index (χ1v) is 10.8. The number of carbonyl (C=O) groups is 1. The number of methoxy groups -OCH3 is 1. The Bertz CT molecular complexity index is 999. The summed E-state index contributed by atoms with van der Waals surface area (Å²) >= 11 is 6.14. The van der Waals surface area contributed by atoms with Crippen molar-refractivity contribution in [3.05, 3.63) is 65.7 Å². The normalized spacial score (nSPS) is 15.0. The molecule has 0 aliphatic carbocycles. The highest BCUT2D eigenvalue weighted by molar-refractivity contribution is 6.31. The van der Waals surface area contributed by atoms with E-state index in [9.17, 15) is 4.79 Å². The molecule has 1 amide bonds. The molecule has 0 atom stereocenters. The van der Waals surface area contributed by atoms with E-state index in [1.807, 2.05) is 18.2 Å². The Hall–Kier alpha value is -2.90. The molecule has 0 spiro atoms. The van der Waals surface area contributed by atoms with Gasteiger partial charge < -0.3 is 10.1 Å². The van der Waals surface area contributed by atoms with E-state index in [0.29, 0.717) is 23.2 Å². The fourth-order valence-electron chi connectivity index (χ4n) is 3.98. The van der Waals surface area contributed by atoms with E-state index in [2.05, 4.69) is 32.4 Å². The van der Waals surface area contributed by atoms with Crippen molar-refractivity contribution in [3.8, 4) is 11.4 Å². The maximum Gasteiger partial charge on any atom is 0.238 e. The average molecular weight is 440 g/mol. The van der Waals surface area contributed by atoms with Gasteiger partial charge in [-0.1, -0.05) is 23.7 Å². The van der Waals surface area contributed by atoms with E-state index in [4.69, 9.17) is 16.3 Å². The molecule has 2 aromatic carbocycles. The lowest BCUT2D eigenvalue weighted by Gasteiger charge is -2.31. The number of ether oxygens (including phenoxy) is 1. The molecule has 1 aliphatic heterocycles. The van der Waals surface area contributed by atoms with E-state index >= 15 is 0 Å². The topological polar surface area (TPSA) is 72.3 Å². The lowest BCUT2D eigenvalue weighted by atomic mass is 9.90. The van der Waals surface area contributed by atoms with Crippen LogP contribution in [0.15, 0.2) is 55.1 Å². The van der Waals surface area contributed by atoms with Crippen molar-refractivity contribution in [3.63, 3.8) is 0 Å². The molecule has 1 fully saturated rings. The maximum absolute atomic E-state index is 12.7. The molecule has 0 saturated carbocycles. The van der Waals surface area contributed by atoms with Gasteiger partial charge in [-0.25, -0.2) is 9.67 Å². The van der Waals surface area contributed by atoms with Crippen molar-refractivity contribution in [2.24, 2.45) is 5.92 Å². The fraction of sp³-hybridized carbons (Fsp3) is 0.348. The SMILES string of the molecule is COc1ccc(CC2CCN(CC(=O)Nc3cc(Cl)ccc3-n3cncn3)CC2)cc1. The van der Waals surface area contributed by atoms with Crippen LogP contribution in [0.3, 0.4) is 0 Å². The summed E-state index contributed by atoms with van der Waals surface area (Å²) in [5.74, 6) is 1.47. The zero-order valence-corrected chi connectivity index (χ0v) is 18.3. The largest absolute Gasteiger partial charge is 0.497 e. The number of anilines is 1. The predicted octanol–water partition coefficient (Wildman–Crippen LogP) is 3.82. The number of nitrogens with one attached hydrogen (secondary N) is 1. The van der Waals surface area contributed by atoms with Gasteiger partial charge in [0, 0.05) is 5.02 Å². The van der Waals surface area contributed by atoms with Gasteiger partial charge in [0.2, 0.25) is 5.91 Å². The molecule has 2 heterocycles. The van der Waals surface area contributed by atoms with Crippen LogP contribution >= 0.6 is 11.6 Å². The molecule has 4 rings (SSSR count). The monoisotopic (exact) mass is 439 g/mol. The molecule has 0 unspecified atom stereocenters. The minimum atomic E-state index is -0.0581. The highest BCUT2D eigenvalue weighted by Crippen LogP contribution is 2.25. The Kier molecular flexibility index (Phi) is 6.84. The molecule has 162 valence electrons. The summed E-state index contributed by atoms with van der Waals surface area (Å²) in [4.78, 5) is 18.9. The van der Waals surface area contributed by atoms with Crippen LogP contribution in [0.5, 0.6) is 5.75 Å². The third kappa shape index (κ3) is 5.62. The van der Waals surface area contributed by atoms with E-state index in [0.717, 1.165) is 43.8 Å². The number of hydrogen-bond acceptors (Lipinski definition) is 5. The molecular formula is C23H26ClN5O2. The Morgan fingerprint density at radius 1 is 1.19 bits per heavy atom. The van der Waals surface area contributed by atoms with Crippen LogP contribution in [0, 0.1) is 5.92 Å². The number of piperidine rings is 1. The standard InChI is InChI=1S/C23H26ClN5O2/c1-31-20-5-2-17(3-6-20)12-18-8-10-28(11-9-18)14-23(30)27-21-13-19(24)4-7-22(21)29-16-25-15-26-29/h2-7,13,15-16,18H,8-12,14H2,1H3,(H,27,30). The lowest BCUT2D eigenvalue weighted by molar-refractivity contribution is -0.117. The van der Waals surface area contributed by atoms with Crippen LogP contribution in [-0.4, -0.2) is 52.3 Å². The van der Waals surface area contributed by atoms with Crippen molar-refractivity contribution >= 4 is 23.2 Å². The van der Waals surface area contributed by atoms with Crippen LogP contribution in [0.4, 0.5) is 5.69 Å². The van der Waals surface area contributed by atoms with Gasteiger partial charge in [0.25, 0.3) is 0 Å². The number of halogens is 1. The minimum Gasteiger partial charge on any atom is -0.497 e. The molecule has 1 N–H and O–H groups in total. The summed E-state index contributed by atoms with van der Waals surface area (Å²) in [6, 6.07) is 13.6. The summed E-state index contributed by atoms with van der Waals surface area (Å²) in [7, 11) is 1.68. The second-order valence-corrected chi connectivity index (χ2v) is 8.26. The average Bonchev–Trinajstić information content (AvgIpc) is 3.30. The van der Waals surface area contributed by atoms with Gasteiger partial charge in [0.1, 0.15) is 18.4 Å². The van der Waals surface area contributed by atoms with Crippen LogP contribution in [0.2, 0.25) is 5.02 Å². The molecule has 7 nitrogen and oxygen atoms in total. The van der Waals surface area contributed by atoms with E-state index in [-0.39, 0.29) is 5.91 Å². The number of rotatable bonds is 7. The van der Waals surface area contributed by atoms with E-state index < -0.39 is 0 Å². The quantitative estimate of drug-likeness (QED) is 0.605. The molecule has 0 radical (unpaired) electrons. The third-order valence-electron chi connectivity index (χ3n) is 5.66. The van der Waals surface area contributed by atoms with Gasteiger partial charge in [-0.05, 0) is 74.2 Å². The number of benzene rings is 2. The number of likely N-dealkylation sites (tertiary alicyclic amines) is 1. The predicted molar refractivity (Wildman–Crippen MR) is 121 cm³/mol. The van der Waals surface area contributed by atoms with Crippen molar-refractivity contribution in [1.29, 1.82) is 0 Å².